The van der Waals surface area contributed by atoms with Gasteiger partial charge in [-0.3, -0.25) is 0 Å². The summed E-state index contributed by atoms with van der Waals surface area (Å²) in [5.74, 6) is 0.911. The van der Waals surface area contributed by atoms with E-state index >= 15 is 0 Å². The third-order valence-electron chi connectivity index (χ3n) is 3.64. The minimum absolute atomic E-state index is 0.911. The first-order chi connectivity index (χ1) is 10.4. The minimum Gasteiger partial charge on any atom is -0.497 e. The van der Waals surface area contributed by atoms with E-state index in [9.17, 15) is 0 Å². The summed E-state index contributed by atoms with van der Waals surface area (Å²) in [5.41, 5.74) is 1.26. The summed E-state index contributed by atoms with van der Waals surface area (Å²) in [5, 5.41) is 6.87. The second-order valence-electron chi connectivity index (χ2n) is 5.01. The highest BCUT2D eigenvalue weighted by Crippen LogP contribution is 2.21. The van der Waals surface area contributed by atoms with Crippen molar-refractivity contribution in [3.05, 3.63) is 52.9 Å². The van der Waals surface area contributed by atoms with Crippen molar-refractivity contribution in [3.63, 3.8) is 0 Å². The summed E-state index contributed by atoms with van der Waals surface area (Å²) in [6.07, 6.45) is 3.26. The van der Waals surface area contributed by atoms with Crippen LogP contribution in [0.1, 0.15) is 4.88 Å². The van der Waals surface area contributed by atoms with Crippen molar-refractivity contribution in [1.82, 2.24) is 9.88 Å². The maximum absolute atomic E-state index is 5.26. The van der Waals surface area contributed by atoms with Crippen LogP contribution in [0.25, 0.3) is 10.9 Å². The molecule has 0 amide bonds. The number of aromatic nitrogens is 1. The number of thiophene rings is 1. The predicted octanol–water partition coefficient (Wildman–Crippen LogP) is 3.54. The Bertz CT molecular complexity index is 688. The van der Waals surface area contributed by atoms with Crippen LogP contribution in [0.3, 0.4) is 0 Å². The number of benzene rings is 1. The summed E-state index contributed by atoms with van der Waals surface area (Å²) in [7, 11) is 1.70. The second-order valence-corrected chi connectivity index (χ2v) is 6.05. The molecule has 0 unspecified atom stereocenters. The average Bonchev–Trinajstić information content (AvgIpc) is 3.16. The molecule has 0 aliphatic rings. The van der Waals surface area contributed by atoms with Crippen LogP contribution in [-0.2, 0) is 13.0 Å². The van der Waals surface area contributed by atoms with Gasteiger partial charge in [-0.1, -0.05) is 6.07 Å². The van der Waals surface area contributed by atoms with Crippen LogP contribution in [0.5, 0.6) is 5.75 Å². The molecule has 0 spiro atoms. The van der Waals surface area contributed by atoms with Gasteiger partial charge >= 0.3 is 0 Å². The van der Waals surface area contributed by atoms with Crippen LogP contribution in [-0.4, -0.2) is 24.8 Å². The lowest BCUT2D eigenvalue weighted by Crippen LogP contribution is -2.21. The van der Waals surface area contributed by atoms with Gasteiger partial charge in [0, 0.05) is 41.6 Å². The number of fused-ring (bicyclic) bond motifs is 1. The summed E-state index contributed by atoms with van der Waals surface area (Å²) in [6, 6.07) is 12.7. The van der Waals surface area contributed by atoms with Gasteiger partial charge in [0.2, 0.25) is 0 Å². The molecule has 2 heterocycles. The van der Waals surface area contributed by atoms with Crippen molar-refractivity contribution in [1.29, 1.82) is 0 Å². The van der Waals surface area contributed by atoms with Crippen LogP contribution in [0.2, 0.25) is 0 Å². The van der Waals surface area contributed by atoms with E-state index in [0.717, 1.165) is 31.8 Å². The molecule has 0 aliphatic heterocycles. The number of nitrogens with zero attached hydrogens (tertiary/aromatic N) is 1. The Kier molecular flexibility index (Phi) is 4.58. The molecule has 21 heavy (non-hydrogen) atoms. The van der Waals surface area contributed by atoms with E-state index in [1.807, 2.05) is 17.4 Å². The van der Waals surface area contributed by atoms with E-state index in [4.69, 9.17) is 4.74 Å². The van der Waals surface area contributed by atoms with Crippen molar-refractivity contribution in [3.8, 4) is 5.75 Å². The number of hydrogen-bond donors (Lipinski definition) is 1. The Labute approximate surface area is 129 Å². The molecule has 1 N–H and O–H groups in total. The van der Waals surface area contributed by atoms with Gasteiger partial charge in [0.1, 0.15) is 5.75 Å². The standard InChI is InChI=1S/C17H20N2OS/c1-20-15-4-5-17-14(13-15)7-10-19(17)11-9-18-8-6-16-3-2-12-21-16/h2-5,7,10,12-13,18H,6,8-9,11H2,1H3. The minimum atomic E-state index is 0.911. The molecular formula is C17H20N2OS. The maximum Gasteiger partial charge on any atom is 0.119 e. The Balaban J connectivity index is 1.51. The van der Waals surface area contributed by atoms with Crippen molar-refractivity contribution >= 4 is 22.2 Å². The molecule has 0 radical (unpaired) electrons. The summed E-state index contributed by atoms with van der Waals surface area (Å²) in [6.45, 7) is 3.01. The largest absolute Gasteiger partial charge is 0.497 e. The van der Waals surface area contributed by atoms with Crippen LogP contribution in [0.4, 0.5) is 0 Å². The molecule has 0 saturated heterocycles. The summed E-state index contributed by atoms with van der Waals surface area (Å²) < 4.78 is 7.54. The zero-order valence-electron chi connectivity index (χ0n) is 12.2. The molecule has 1 aromatic carbocycles. The van der Waals surface area contributed by atoms with Gasteiger partial charge in [-0.05, 0) is 42.1 Å². The number of ether oxygens (including phenoxy) is 1. The van der Waals surface area contributed by atoms with Gasteiger partial charge in [-0.2, -0.15) is 0 Å². The molecule has 0 atom stereocenters. The molecule has 0 fully saturated rings. The molecule has 3 aromatic rings. The predicted molar refractivity (Wildman–Crippen MR) is 89.4 cm³/mol. The molecule has 0 aliphatic carbocycles. The highest BCUT2D eigenvalue weighted by molar-refractivity contribution is 7.09. The van der Waals surface area contributed by atoms with Crippen molar-refractivity contribution in [2.75, 3.05) is 20.2 Å². The fourth-order valence-electron chi connectivity index (χ4n) is 2.49. The van der Waals surface area contributed by atoms with Crippen LogP contribution < -0.4 is 10.1 Å². The first-order valence-electron chi connectivity index (χ1n) is 7.23. The Morgan fingerprint density at radius 1 is 1.19 bits per heavy atom. The van der Waals surface area contributed by atoms with E-state index in [1.165, 1.54) is 15.8 Å². The van der Waals surface area contributed by atoms with Gasteiger partial charge in [-0.25, -0.2) is 0 Å². The third-order valence-corrected chi connectivity index (χ3v) is 4.57. The van der Waals surface area contributed by atoms with E-state index in [2.05, 4.69) is 51.8 Å². The highest BCUT2D eigenvalue weighted by atomic mass is 32.1. The smallest absolute Gasteiger partial charge is 0.119 e. The molecule has 0 bridgehead atoms. The molecule has 2 aromatic heterocycles. The van der Waals surface area contributed by atoms with E-state index in [1.54, 1.807) is 7.11 Å². The van der Waals surface area contributed by atoms with E-state index < -0.39 is 0 Å². The molecule has 0 saturated carbocycles. The maximum atomic E-state index is 5.26. The molecule has 4 heteroatoms. The molecular weight excluding hydrogens is 280 g/mol. The van der Waals surface area contributed by atoms with Gasteiger partial charge in [-0.15, -0.1) is 11.3 Å². The van der Waals surface area contributed by atoms with Crippen molar-refractivity contribution in [2.24, 2.45) is 0 Å². The molecule has 3 nitrogen and oxygen atoms in total. The average molecular weight is 300 g/mol. The lowest BCUT2D eigenvalue weighted by molar-refractivity contribution is 0.415. The Morgan fingerprint density at radius 3 is 2.95 bits per heavy atom. The number of nitrogens with one attached hydrogen (secondary N) is 1. The second kappa shape index (κ2) is 6.78. The first kappa shape index (κ1) is 14.2. The fourth-order valence-corrected chi connectivity index (χ4v) is 3.20. The zero-order chi connectivity index (χ0) is 14.5. The summed E-state index contributed by atoms with van der Waals surface area (Å²) in [4.78, 5) is 1.45. The van der Waals surface area contributed by atoms with Gasteiger partial charge in [0.15, 0.2) is 0 Å². The van der Waals surface area contributed by atoms with Crippen LogP contribution in [0, 0.1) is 0 Å². The Morgan fingerprint density at radius 2 is 2.14 bits per heavy atom. The topological polar surface area (TPSA) is 26.2 Å². The third kappa shape index (κ3) is 3.46. The zero-order valence-corrected chi connectivity index (χ0v) is 13.0. The van der Waals surface area contributed by atoms with Crippen LogP contribution in [0.15, 0.2) is 48.0 Å². The lowest BCUT2D eigenvalue weighted by Gasteiger charge is -2.07. The van der Waals surface area contributed by atoms with E-state index in [-0.39, 0.29) is 0 Å². The normalized spacial score (nSPS) is 11.1. The first-order valence-corrected chi connectivity index (χ1v) is 8.11. The van der Waals surface area contributed by atoms with Crippen LogP contribution >= 0.6 is 11.3 Å². The molecule has 110 valence electrons. The summed E-state index contributed by atoms with van der Waals surface area (Å²) >= 11 is 1.83. The number of methoxy groups -OCH3 is 1. The van der Waals surface area contributed by atoms with Gasteiger partial charge < -0.3 is 14.6 Å². The number of rotatable bonds is 7. The van der Waals surface area contributed by atoms with Gasteiger partial charge in [0.25, 0.3) is 0 Å². The SMILES string of the molecule is COc1ccc2c(ccn2CCNCCc2cccs2)c1. The van der Waals surface area contributed by atoms with Gasteiger partial charge in [0.05, 0.1) is 7.11 Å². The van der Waals surface area contributed by atoms with Crippen molar-refractivity contribution < 1.29 is 4.74 Å². The van der Waals surface area contributed by atoms with E-state index in [0.29, 0.717) is 0 Å². The number of hydrogen-bond acceptors (Lipinski definition) is 3. The quantitative estimate of drug-likeness (QED) is 0.675. The fraction of sp³-hybridized carbons (Fsp3) is 0.294. The van der Waals surface area contributed by atoms with Crippen molar-refractivity contribution in [2.45, 2.75) is 13.0 Å². The Hall–Kier alpha value is -1.78. The highest BCUT2D eigenvalue weighted by Gasteiger charge is 2.02. The lowest BCUT2D eigenvalue weighted by atomic mass is 10.2. The monoisotopic (exact) mass is 300 g/mol. The molecule has 3 rings (SSSR count).